The molecule has 1 amide bonds. The van der Waals surface area contributed by atoms with Crippen LogP contribution in [-0.2, 0) is 0 Å². The number of amides is 1. The minimum absolute atomic E-state index is 0.0482. The number of nitrogens with one attached hydrogen (secondary N) is 2. The van der Waals surface area contributed by atoms with E-state index in [9.17, 15) is 14.4 Å². The maximum absolute atomic E-state index is 12.6. The topological polar surface area (TPSA) is 100 Å². The molecule has 0 aromatic carbocycles. The number of hydrogen-bond donors (Lipinski definition) is 2. The molecule has 1 unspecified atom stereocenters. The van der Waals surface area contributed by atoms with E-state index in [1.807, 2.05) is 30.4 Å². The lowest BCUT2D eigenvalue weighted by Gasteiger charge is -2.24. The number of H-pyrrole nitrogens is 1. The molecule has 0 radical (unpaired) electrons. The molecule has 1 aliphatic rings. The smallest absolute Gasteiger partial charge is 0.330 e. The number of nitrogens with zero attached hydrogens (tertiary/aromatic N) is 3. The van der Waals surface area contributed by atoms with Crippen molar-refractivity contribution in [3.8, 4) is 0 Å². The van der Waals surface area contributed by atoms with Gasteiger partial charge in [0.2, 0.25) is 0 Å². The van der Waals surface area contributed by atoms with Crippen LogP contribution >= 0.6 is 11.3 Å². The van der Waals surface area contributed by atoms with Crippen LogP contribution in [0.5, 0.6) is 0 Å². The number of likely N-dealkylation sites (N-methyl/N-ethyl adjacent to an activating group) is 1. The Bertz CT molecular complexity index is 1130. The maximum Gasteiger partial charge on any atom is 0.330 e. The zero-order valence-corrected chi connectivity index (χ0v) is 16.5. The van der Waals surface area contributed by atoms with Gasteiger partial charge in [0.25, 0.3) is 11.5 Å². The Morgan fingerprint density at radius 3 is 2.86 bits per heavy atom. The molecule has 8 nitrogen and oxygen atoms in total. The molecule has 4 rings (SSSR count). The molecular formula is C19H21N5O3S. The Hall–Kier alpha value is -2.78. The van der Waals surface area contributed by atoms with E-state index in [-0.39, 0.29) is 23.4 Å². The predicted molar refractivity (Wildman–Crippen MR) is 108 cm³/mol. The number of fused-ring (bicyclic) bond motifs is 1. The Morgan fingerprint density at radius 1 is 1.43 bits per heavy atom. The van der Waals surface area contributed by atoms with Gasteiger partial charge in [-0.05, 0) is 55.4 Å². The van der Waals surface area contributed by atoms with Crippen LogP contribution in [0, 0.1) is 0 Å². The van der Waals surface area contributed by atoms with E-state index in [0.717, 1.165) is 18.4 Å². The second kappa shape index (κ2) is 7.33. The number of aromatic nitrogens is 3. The lowest BCUT2D eigenvalue weighted by molar-refractivity contribution is 0.0942. The molecule has 0 saturated heterocycles. The zero-order chi connectivity index (χ0) is 19.8. The van der Waals surface area contributed by atoms with Crippen molar-refractivity contribution >= 4 is 28.3 Å². The van der Waals surface area contributed by atoms with Gasteiger partial charge in [-0.2, -0.15) is 11.3 Å². The fourth-order valence-electron chi connectivity index (χ4n) is 3.29. The van der Waals surface area contributed by atoms with Crippen molar-refractivity contribution < 1.29 is 4.79 Å². The Labute approximate surface area is 164 Å². The first kappa shape index (κ1) is 18.6. The van der Waals surface area contributed by atoms with Crippen molar-refractivity contribution in [1.82, 2.24) is 24.8 Å². The SMILES string of the molecule is CN(C)C(CNC(=O)c1cnc2c(c1)c(=O)[nH]c(=O)n2C1CC1)c1ccsc1. The second-order valence-electron chi connectivity index (χ2n) is 7.20. The van der Waals surface area contributed by atoms with Crippen LogP contribution in [0.25, 0.3) is 11.0 Å². The lowest BCUT2D eigenvalue weighted by Crippen LogP contribution is -2.35. The van der Waals surface area contributed by atoms with Gasteiger partial charge in [0.15, 0.2) is 0 Å². The van der Waals surface area contributed by atoms with Crippen molar-refractivity contribution in [1.29, 1.82) is 0 Å². The molecule has 0 bridgehead atoms. The third-order valence-corrected chi connectivity index (χ3v) is 5.66. The summed E-state index contributed by atoms with van der Waals surface area (Å²) in [5.41, 5.74) is 0.786. The summed E-state index contributed by atoms with van der Waals surface area (Å²) in [6.07, 6.45) is 3.20. The molecule has 28 heavy (non-hydrogen) atoms. The monoisotopic (exact) mass is 399 g/mol. The Morgan fingerprint density at radius 2 is 2.21 bits per heavy atom. The molecule has 3 aromatic rings. The number of pyridine rings is 1. The number of thiophene rings is 1. The van der Waals surface area contributed by atoms with Gasteiger partial charge in [-0.25, -0.2) is 9.78 Å². The zero-order valence-electron chi connectivity index (χ0n) is 15.6. The predicted octanol–water partition coefficient (Wildman–Crippen LogP) is 1.51. The fourth-order valence-corrected chi connectivity index (χ4v) is 3.99. The van der Waals surface area contributed by atoms with E-state index >= 15 is 0 Å². The maximum atomic E-state index is 12.6. The highest BCUT2D eigenvalue weighted by atomic mass is 32.1. The molecule has 146 valence electrons. The van der Waals surface area contributed by atoms with Crippen LogP contribution in [0.3, 0.4) is 0 Å². The summed E-state index contributed by atoms with van der Waals surface area (Å²) in [4.78, 5) is 45.6. The summed E-state index contributed by atoms with van der Waals surface area (Å²) >= 11 is 1.61. The van der Waals surface area contributed by atoms with Gasteiger partial charge < -0.3 is 10.2 Å². The minimum Gasteiger partial charge on any atom is -0.350 e. The van der Waals surface area contributed by atoms with Crippen LogP contribution in [0.2, 0.25) is 0 Å². The van der Waals surface area contributed by atoms with Crippen molar-refractivity contribution in [2.24, 2.45) is 0 Å². The van der Waals surface area contributed by atoms with Gasteiger partial charge in [0.05, 0.1) is 17.0 Å². The van der Waals surface area contributed by atoms with Crippen LogP contribution in [0.15, 0.2) is 38.7 Å². The van der Waals surface area contributed by atoms with Gasteiger partial charge in [-0.3, -0.25) is 19.1 Å². The molecule has 0 aliphatic heterocycles. The molecule has 1 saturated carbocycles. The summed E-state index contributed by atoms with van der Waals surface area (Å²) in [5, 5.41) is 7.24. The molecule has 1 atom stereocenters. The number of carbonyl (C=O) groups is 1. The Balaban J connectivity index is 1.59. The van der Waals surface area contributed by atoms with E-state index in [1.54, 1.807) is 11.3 Å². The summed E-state index contributed by atoms with van der Waals surface area (Å²) in [6, 6.07) is 3.66. The third-order valence-electron chi connectivity index (χ3n) is 4.96. The standard InChI is InChI=1S/C19H21N5O3S/c1-23(2)15(11-5-6-28-10-11)9-21-17(25)12-7-14-16(20-8-12)24(13-3-4-13)19(27)22-18(14)26/h5-8,10,13,15H,3-4,9H2,1-2H3,(H,21,25)(H,22,26,27). The summed E-state index contributed by atoms with van der Waals surface area (Å²) in [5.74, 6) is -0.306. The van der Waals surface area contributed by atoms with Crippen molar-refractivity contribution in [3.63, 3.8) is 0 Å². The molecule has 2 N–H and O–H groups in total. The first-order chi connectivity index (χ1) is 13.5. The van der Waals surface area contributed by atoms with E-state index in [2.05, 4.69) is 20.7 Å². The van der Waals surface area contributed by atoms with Crippen LogP contribution in [-0.4, -0.2) is 46.0 Å². The van der Waals surface area contributed by atoms with Crippen LogP contribution in [0.1, 0.15) is 40.8 Å². The molecular weight excluding hydrogens is 378 g/mol. The van der Waals surface area contributed by atoms with Gasteiger partial charge in [0, 0.05) is 18.8 Å². The summed E-state index contributed by atoms with van der Waals surface area (Å²) < 4.78 is 1.51. The lowest BCUT2D eigenvalue weighted by atomic mass is 10.1. The van der Waals surface area contributed by atoms with Gasteiger partial charge in [0.1, 0.15) is 5.65 Å². The van der Waals surface area contributed by atoms with Crippen molar-refractivity contribution in [3.05, 3.63) is 61.1 Å². The molecule has 1 aliphatic carbocycles. The molecule has 0 spiro atoms. The van der Waals surface area contributed by atoms with Crippen molar-refractivity contribution in [2.45, 2.75) is 24.9 Å². The van der Waals surface area contributed by atoms with Crippen LogP contribution in [0.4, 0.5) is 0 Å². The quantitative estimate of drug-likeness (QED) is 0.655. The van der Waals surface area contributed by atoms with E-state index < -0.39 is 11.2 Å². The number of hydrogen-bond acceptors (Lipinski definition) is 6. The van der Waals surface area contributed by atoms with Gasteiger partial charge >= 0.3 is 5.69 Å². The number of aromatic amines is 1. The van der Waals surface area contributed by atoms with Gasteiger partial charge in [-0.15, -0.1) is 0 Å². The normalized spacial score (nSPS) is 15.1. The fraction of sp³-hybridized carbons (Fsp3) is 0.368. The number of rotatable bonds is 6. The highest BCUT2D eigenvalue weighted by Gasteiger charge is 2.28. The first-order valence-corrected chi connectivity index (χ1v) is 10.0. The minimum atomic E-state index is -0.525. The average molecular weight is 399 g/mol. The molecule has 3 heterocycles. The highest BCUT2D eigenvalue weighted by molar-refractivity contribution is 7.07. The van der Waals surface area contributed by atoms with E-state index in [0.29, 0.717) is 17.8 Å². The first-order valence-electron chi connectivity index (χ1n) is 9.07. The molecule has 3 aromatic heterocycles. The Kier molecular flexibility index (Phi) is 4.86. The van der Waals surface area contributed by atoms with E-state index in [4.69, 9.17) is 0 Å². The second-order valence-corrected chi connectivity index (χ2v) is 7.98. The summed E-state index contributed by atoms with van der Waals surface area (Å²) in [6.45, 7) is 0.429. The number of carbonyl (C=O) groups excluding carboxylic acids is 1. The molecule has 9 heteroatoms. The van der Waals surface area contributed by atoms with Gasteiger partial charge in [-0.1, -0.05) is 0 Å². The van der Waals surface area contributed by atoms with Crippen molar-refractivity contribution in [2.75, 3.05) is 20.6 Å². The summed E-state index contributed by atoms with van der Waals surface area (Å²) in [7, 11) is 3.92. The average Bonchev–Trinajstić information content (AvgIpc) is 3.35. The third kappa shape index (κ3) is 3.50. The highest BCUT2D eigenvalue weighted by Crippen LogP contribution is 2.34. The van der Waals surface area contributed by atoms with E-state index in [1.165, 1.54) is 16.8 Å². The molecule has 1 fully saturated rings. The van der Waals surface area contributed by atoms with Crippen LogP contribution < -0.4 is 16.6 Å². The largest absolute Gasteiger partial charge is 0.350 e.